The third-order valence-corrected chi connectivity index (χ3v) is 2.22. The number of nitrogens with zero attached hydrogens (tertiary/aromatic N) is 1. The summed E-state index contributed by atoms with van der Waals surface area (Å²) in [5.41, 5.74) is 0. The minimum atomic E-state index is -1.16. The third-order valence-electron chi connectivity index (χ3n) is 2.22. The Morgan fingerprint density at radius 1 is 1.47 bits per heavy atom. The summed E-state index contributed by atoms with van der Waals surface area (Å²) < 4.78 is 0. The molecule has 0 rings (SSSR count). The van der Waals surface area contributed by atoms with Crippen molar-refractivity contribution in [3.63, 3.8) is 0 Å². The number of aliphatic hydroxyl groups excluding tert-OH is 1. The van der Waals surface area contributed by atoms with E-state index in [1.165, 1.54) is 4.90 Å². The van der Waals surface area contributed by atoms with Gasteiger partial charge >= 0.3 is 12.0 Å². The molecule has 0 aromatic heterocycles. The van der Waals surface area contributed by atoms with Crippen molar-refractivity contribution in [3.05, 3.63) is 12.7 Å². The second kappa shape index (κ2) is 7.67. The van der Waals surface area contributed by atoms with Crippen LogP contribution in [0.5, 0.6) is 0 Å². The molecule has 0 radical (unpaired) electrons. The first-order chi connectivity index (χ1) is 7.93. The summed E-state index contributed by atoms with van der Waals surface area (Å²) in [6.45, 7) is 7.24. The zero-order valence-corrected chi connectivity index (χ0v) is 10.2. The molecule has 0 aromatic rings. The van der Waals surface area contributed by atoms with Crippen LogP contribution in [-0.2, 0) is 4.79 Å². The van der Waals surface area contributed by atoms with Gasteiger partial charge in [-0.15, -0.1) is 6.58 Å². The van der Waals surface area contributed by atoms with Gasteiger partial charge in [-0.25, -0.2) is 9.59 Å². The van der Waals surface area contributed by atoms with Crippen LogP contribution in [0.25, 0.3) is 0 Å². The molecule has 0 spiro atoms. The number of hydrogen-bond acceptors (Lipinski definition) is 3. The van der Waals surface area contributed by atoms with E-state index in [2.05, 4.69) is 11.9 Å². The number of carboxylic acid groups (broad SMARTS) is 1. The Balaban J connectivity index is 4.55. The summed E-state index contributed by atoms with van der Waals surface area (Å²) in [6.07, 6.45) is 1.56. The molecule has 17 heavy (non-hydrogen) atoms. The second-order valence-corrected chi connectivity index (χ2v) is 3.89. The van der Waals surface area contributed by atoms with Gasteiger partial charge in [0.05, 0.1) is 0 Å². The summed E-state index contributed by atoms with van der Waals surface area (Å²) in [7, 11) is 0. The van der Waals surface area contributed by atoms with Gasteiger partial charge in [0.2, 0.25) is 0 Å². The molecule has 0 bridgehead atoms. The molecular formula is C11H20N2O4. The highest BCUT2D eigenvalue weighted by atomic mass is 16.4. The second-order valence-electron chi connectivity index (χ2n) is 3.89. The van der Waals surface area contributed by atoms with Crippen molar-refractivity contribution in [2.75, 3.05) is 13.2 Å². The molecular weight excluding hydrogens is 224 g/mol. The van der Waals surface area contributed by atoms with Crippen LogP contribution in [0.3, 0.4) is 0 Å². The van der Waals surface area contributed by atoms with Gasteiger partial charge in [0.1, 0.15) is 6.04 Å². The molecule has 2 amide bonds. The lowest BCUT2D eigenvalue weighted by Gasteiger charge is -2.27. The summed E-state index contributed by atoms with van der Waals surface area (Å²) in [5, 5.41) is 19.9. The fraction of sp³-hybridized carbons (Fsp3) is 0.636. The molecule has 98 valence electrons. The fourth-order valence-electron chi connectivity index (χ4n) is 1.29. The Kier molecular flexibility index (Phi) is 6.97. The first-order valence-electron chi connectivity index (χ1n) is 5.45. The molecule has 0 saturated carbocycles. The van der Waals surface area contributed by atoms with Gasteiger partial charge in [-0.05, 0) is 13.8 Å². The lowest BCUT2D eigenvalue weighted by molar-refractivity contribution is -0.139. The van der Waals surface area contributed by atoms with Crippen molar-refractivity contribution in [2.24, 2.45) is 0 Å². The highest BCUT2D eigenvalue weighted by Gasteiger charge is 2.23. The van der Waals surface area contributed by atoms with E-state index >= 15 is 0 Å². The summed E-state index contributed by atoms with van der Waals surface area (Å²) in [5.74, 6) is -1.16. The van der Waals surface area contributed by atoms with Crippen molar-refractivity contribution >= 4 is 12.0 Å². The van der Waals surface area contributed by atoms with Gasteiger partial charge in [0.15, 0.2) is 0 Å². The molecule has 0 unspecified atom stereocenters. The standard InChI is InChI=1S/C11H20N2O4/c1-4-6-13(8(2)3)11(17)12-9(5-7-14)10(15)16/h4,8-9,14H,1,5-7H2,2-3H3,(H,12,17)(H,15,16)/t9-/m1/s1. The molecule has 0 aliphatic heterocycles. The third kappa shape index (κ3) is 5.35. The number of carbonyl (C=O) groups excluding carboxylic acids is 1. The van der Waals surface area contributed by atoms with E-state index in [0.29, 0.717) is 6.54 Å². The summed E-state index contributed by atoms with van der Waals surface area (Å²) in [6, 6.07) is -1.60. The van der Waals surface area contributed by atoms with Crippen molar-refractivity contribution in [2.45, 2.75) is 32.4 Å². The van der Waals surface area contributed by atoms with Gasteiger partial charge in [-0.1, -0.05) is 6.08 Å². The van der Waals surface area contributed by atoms with Gasteiger partial charge in [0, 0.05) is 25.6 Å². The molecule has 0 aromatic carbocycles. The SMILES string of the molecule is C=CCN(C(=O)N[C@H](CCO)C(=O)O)C(C)C. The molecule has 6 nitrogen and oxygen atoms in total. The largest absolute Gasteiger partial charge is 0.480 e. The predicted octanol–water partition coefficient (Wildman–Crippen LogP) is 0.428. The van der Waals surface area contributed by atoms with Crippen molar-refractivity contribution in [1.29, 1.82) is 0 Å². The molecule has 6 heteroatoms. The molecule has 1 atom stereocenters. The minimum Gasteiger partial charge on any atom is -0.480 e. The van der Waals surface area contributed by atoms with Crippen molar-refractivity contribution < 1.29 is 19.8 Å². The highest BCUT2D eigenvalue weighted by molar-refractivity contribution is 5.82. The smallest absolute Gasteiger partial charge is 0.326 e. The number of amides is 2. The van der Waals surface area contributed by atoms with Crippen molar-refractivity contribution in [1.82, 2.24) is 10.2 Å². The normalized spacial score (nSPS) is 12.0. The average Bonchev–Trinajstić information content (AvgIpc) is 2.24. The zero-order chi connectivity index (χ0) is 13.4. The fourth-order valence-corrected chi connectivity index (χ4v) is 1.29. The number of carboxylic acids is 1. The molecule has 0 saturated heterocycles. The maximum atomic E-state index is 11.8. The lowest BCUT2D eigenvalue weighted by atomic mass is 10.2. The number of nitrogens with one attached hydrogen (secondary N) is 1. The number of aliphatic hydroxyl groups is 1. The van der Waals surface area contributed by atoms with E-state index < -0.39 is 18.0 Å². The van der Waals surface area contributed by atoms with Gasteiger partial charge < -0.3 is 20.4 Å². The average molecular weight is 244 g/mol. The van der Waals surface area contributed by atoms with Crippen LogP contribution < -0.4 is 5.32 Å². The first kappa shape index (κ1) is 15.4. The van der Waals surface area contributed by atoms with E-state index in [1.807, 2.05) is 13.8 Å². The minimum absolute atomic E-state index is 0.0128. The van der Waals surface area contributed by atoms with Crippen LogP contribution in [0.4, 0.5) is 4.79 Å². The van der Waals surface area contributed by atoms with E-state index in [0.717, 1.165) is 0 Å². The van der Waals surface area contributed by atoms with Crippen molar-refractivity contribution in [3.8, 4) is 0 Å². The Morgan fingerprint density at radius 3 is 2.41 bits per heavy atom. The summed E-state index contributed by atoms with van der Waals surface area (Å²) in [4.78, 5) is 24.1. The number of carbonyl (C=O) groups is 2. The monoisotopic (exact) mass is 244 g/mol. The predicted molar refractivity (Wildman–Crippen MR) is 63.7 cm³/mol. The lowest BCUT2D eigenvalue weighted by Crippen LogP contribution is -2.50. The maximum Gasteiger partial charge on any atom is 0.326 e. The number of aliphatic carboxylic acids is 1. The van der Waals surface area contributed by atoms with Gasteiger partial charge in [-0.2, -0.15) is 0 Å². The van der Waals surface area contributed by atoms with Crippen LogP contribution >= 0.6 is 0 Å². The molecule has 0 heterocycles. The Morgan fingerprint density at radius 2 is 2.06 bits per heavy atom. The van der Waals surface area contributed by atoms with Crippen LogP contribution in [0.15, 0.2) is 12.7 Å². The first-order valence-corrected chi connectivity index (χ1v) is 5.45. The summed E-state index contributed by atoms with van der Waals surface area (Å²) >= 11 is 0. The number of urea groups is 1. The van der Waals surface area contributed by atoms with Crippen LogP contribution in [-0.4, -0.2) is 52.3 Å². The molecule has 0 aliphatic rings. The Bertz CT molecular complexity index is 279. The maximum absolute atomic E-state index is 11.8. The Labute approximate surface area is 101 Å². The topological polar surface area (TPSA) is 89.9 Å². The van der Waals surface area contributed by atoms with Gasteiger partial charge in [0.25, 0.3) is 0 Å². The van der Waals surface area contributed by atoms with Crippen LogP contribution in [0.2, 0.25) is 0 Å². The van der Waals surface area contributed by atoms with E-state index in [9.17, 15) is 9.59 Å². The highest BCUT2D eigenvalue weighted by Crippen LogP contribution is 2.01. The zero-order valence-electron chi connectivity index (χ0n) is 10.2. The van der Waals surface area contributed by atoms with Crippen LogP contribution in [0.1, 0.15) is 20.3 Å². The molecule has 0 aliphatic carbocycles. The van der Waals surface area contributed by atoms with E-state index in [-0.39, 0.29) is 19.1 Å². The van der Waals surface area contributed by atoms with Gasteiger partial charge in [-0.3, -0.25) is 0 Å². The number of rotatable bonds is 7. The Hall–Kier alpha value is -1.56. The quantitative estimate of drug-likeness (QED) is 0.566. The molecule has 3 N–H and O–H groups in total. The van der Waals surface area contributed by atoms with Crippen LogP contribution in [0, 0.1) is 0 Å². The van der Waals surface area contributed by atoms with E-state index in [1.54, 1.807) is 6.08 Å². The molecule has 0 fully saturated rings. The number of hydrogen-bond donors (Lipinski definition) is 3. The van der Waals surface area contributed by atoms with E-state index in [4.69, 9.17) is 10.2 Å².